The SMILES string of the molecule is COc1ccc([N+](=O)[O-])c(NCC2CCC(O)C2)c1. The molecule has 1 aromatic carbocycles. The van der Waals surface area contributed by atoms with E-state index in [2.05, 4.69) is 5.32 Å². The smallest absolute Gasteiger partial charge is 0.292 e. The lowest BCUT2D eigenvalue weighted by atomic mass is 10.1. The number of benzene rings is 1. The summed E-state index contributed by atoms with van der Waals surface area (Å²) < 4.78 is 5.08. The molecule has 104 valence electrons. The predicted molar refractivity (Wildman–Crippen MR) is 71.5 cm³/mol. The molecule has 1 fully saturated rings. The van der Waals surface area contributed by atoms with E-state index in [0.29, 0.717) is 23.9 Å². The van der Waals surface area contributed by atoms with Crippen LogP contribution in [-0.4, -0.2) is 29.8 Å². The van der Waals surface area contributed by atoms with Gasteiger partial charge in [0.15, 0.2) is 0 Å². The Labute approximate surface area is 111 Å². The maximum Gasteiger partial charge on any atom is 0.292 e. The summed E-state index contributed by atoms with van der Waals surface area (Å²) in [6.07, 6.45) is 2.29. The highest BCUT2D eigenvalue weighted by molar-refractivity contribution is 5.64. The number of aliphatic hydroxyl groups excluding tert-OH is 1. The molecule has 2 unspecified atom stereocenters. The molecule has 1 saturated carbocycles. The average molecular weight is 266 g/mol. The van der Waals surface area contributed by atoms with E-state index < -0.39 is 4.92 Å². The van der Waals surface area contributed by atoms with Crippen molar-refractivity contribution in [1.29, 1.82) is 0 Å². The number of nitrogens with zero attached hydrogens (tertiary/aromatic N) is 1. The van der Waals surface area contributed by atoms with E-state index in [9.17, 15) is 15.2 Å². The van der Waals surface area contributed by atoms with E-state index in [0.717, 1.165) is 19.3 Å². The first kappa shape index (κ1) is 13.6. The Balaban J connectivity index is 2.06. The number of rotatable bonds is 5. The van der Waals surface area contributed by atoms with Crippen LogP contribution in [0.25, 0.3) is 0 Å². The van der Waals surface area contributed by atoms with Crippen LogP contribution in [0.3, 0.4) is 0 Å². The maximum atomic E-state index is 11.0. The standard InChI is InChI=1S/C13H18N2O4/c1-19-11-4-5-13(15(17)18)12(7-11)14-8-9-2-3-10(16)6-9/h4-5,7,9-10,14,16H,2-3,6,8H2,1H3. The second kappa shape index (κ2) is 5.88. The van der Waals surface area contributed by atoms with Crippen LogP contribution in [0.15, 0.2) is 18.2 Å². The lowest BCUT2D eigenvalue weighted by molar-refractivity contribution is -0.384. The van der Waals surface area contributed by atoms with Gasteiger partial charge in [-0.1, -0.05) is 0 Å². The van der Waals surface area contributed by atoms with Gasteiger partial charge in [0.05, 0.1) is 18.1 Å². The van der Waals surface area contributed by atoms with E-state index in [1.165, 1.54) is 13.2 Å². The zero-order chi connectivity index (χ0) is 13.8. The fraction of sp³-hybridized carbons (Fsp3) is 0.538. The number of nitro benzene ring substituents is 1. The number of anilines is 1. The number of hydrogen-bond acceptors (Lipinski definition) is 5. The van der Waals surface area contributed by atoms with Crippen molar-refractivity contribution in [2.45, 2.75) is 25.4 Å². The molecule has 0 amide bonds. The largest absolute Gasteiger partial charge is 0.497 e. The Morgan fingerprint density at radius 2 is 2.32 bits per heavy atom. The van der Waals surface area contributed by atoms with E-state index in [1.54, 1.807) is 12.1 Å². The molecule has 0 bridgehead atoms. The summed E-state index contributed by atoms with van der Waals surface area (Å²) in [7, 11) is 1.53. The molecular formula is C13H18N2O4. The van der Waals surface area contributed by atoms with Crippen molar-refractivity contribution in [3.8, 4) is 5.75 Å². The Kier molecular flexibility index (Phi) is 4.21. The summed E-state index contributed by atoms with van der Waals surface area (Å²) in [6.45, 7) is 0.630. The third-order valence-corrected chi connectivity index (χ3v) is 3.50. The molecule has 1 aromatic rings. The highest BCUT2D eigenvalue weighted by atomic mass is 16.6. The molecule has 19 heavy (non-hydrogen) atoms. The van der Waals surface area contributed by atoms with Gasteiger partial charge in [-0.15, -0.1) is 0 Å². The molecule has 0 heterocycles. The van der Waals surface area contributed by atoms with E-state index in [4.69, 9.17) is 4.74 Å². The first-order chi connectivity index (χ1) is 9.10. The highest BCUT2D eigenvalue weighted by Gasteiger charge is 2.23. The van der Waals surface area contributed by atoms with Gasteiger partial charge in [-0.25, -0.2) is 0 Å². The first-order valence-electron chi connectivity index (χ1n) is 6.34. The minimum atomic E-state index is -0.411. The van der Waals surface area contributed by atoms with Crippen LogP contribution in [0.1, 0.15) is 19.3 Å². The van der Waals surface area contributed by atoms with Crippen molar-refractivity contribution in [2.24, 2.45) is 5.92 Å². The van der Waals surface area contributed by atoms with Gasteiger partial charge in [0, 0.05) is 18.7 Å². The summed E-state index contributed by atoms with van der Waals surface area (Å²) in [4.78, 5) is 10.5. The van der Waals surface area contributed by atoms with Crippen molar-refractivity contribution in [2.75, 3.05) is 19.0 Å². The molecule has 1 aliphatic carbocycles. The van der Waals surface area contributed by atoms with Crippen LogP contribution in [0.5, 0.6) is 5.75 Å². The lowest BCUT2D eigenvalue weighted by Gasteiger charge is -2.13. The Morgan fingerprint density at radius 1 is 1.53 bits per heavy atom. The molecule has 6 heteroatoms. The second-order valence-corrected chi connectivity index (χ2v) is 4.85. The minimum Gasteiger partial charge on any atom is -0.497 e. The lowest BCUT2D eigenvalue weighted by Crippen LogP contribution is -2.13. The summed E-state index contributed by atoms with van der Waals surface area (Å²) in [5, 5.41) is 23.5. The molecule has 0 radical (unpaired) electrons. The summed E-state index contributed by atoms with van der Waals surface area (Å²) >= 11 is 0. The average Bonchev–Trinajstić information content (AvgIpc) is 2.81. The molecule has 0 spiro atoms. The van der Waals surface area contributed by atoms with Gasteiger partial charge in [-0.05, 0) is 31.2 Å². The fourth-order valence-corrected chi connectivity index (χ4v) is 2.43. The Bertz CT molecular complexity index is 464. The van der Waals surface area contributed by atoms with Gasteiger partial charge >= 0.3 is 0 Å². The molecule has 2 rings (SSSR count). The van der Waals surface area contributed by atoms with E-state index >= 15 is 0 Å². The second-order valence-electron chi connectivity index (χ2n) is 4.85. The predicted octanol–water partition coefficient (Wildman–Crippen LogP) is 2.18. The first-order valence-corrected chi connectivity index (χ1v) is 6.34. The molecule has 1 aliphatic rings. The molecule has 0 saturated heterocycles. The zero-order valence-electron chi connectivity index (χ0n) is 10.8. The molecule has 0 aliphatic heterocycles. The highest BCUT2D eigenvalue weighted by Crippen LogP contribution is 2.31. The van der Waals surface area contributed by atoms with Crippen LogP contribution >= 0.6 is 0 Å². The number of nitrogens with one attached hydrogen (secondary N) is 1. The monoisotopic (exact) mass is 266 g/mol. The molecule has 2 N–H and O–H groups in total. The van der Waals surface area contributed by atoms with Gasteiger partial charge < -0.3 is 15.2 Å². The van der Waals surface area contributed by atoms with E-state index in [-0.39, 0.29) is 11.8 Å². The van der Waals surface area contributed by atoms with Gasteiger partial charge in [-0.3, -0.25) is 10.1 Å². The minimum absolute atomic E-state index is 0.0411. The number of hydrogen-bond donors (Lipinski definition) is 2. The summed E-state index contributed by atoms with van der Waals surface area (Å²) in [5.41, 5.74) is 0.505. The van der Waals surface area contributed by atoms with Crippen LogP contribution in [-0.2, 0) is 0 Å². The third kappa shape index (κ3) is 3.35. The van der Waals surface area contributed by atoms with Gasteiger partial charge in [-0.2, -0.15) is 0 Å². The fourth-order valence-electron chi connectivity index (χ4n) is 2.43. The van der Waals surface area contributed by atoms with Crippen molar-refractivity contribution in [1.82, 2.24) is 0 Å². The Hall–Kier alpha value is -1.82. The van der Waals surface area contributed by atoms with E-state index in [1.807, 2.05) is 0 Å². The van der Waals surface area contributed by atoms with Crippen molar-refractivity contribution in [3.63, 3.8) is 0 Å². The number of aliphatic hydroxyl groups is 1. The number of methoxy groups -OCH3 is 1. The maximum absolute atomic E-state index is 11.0. The van der Waals surface area contributed by atoms with Crippen LogP contribution in [0.2, 0.25) is 0 Å². The van der Waals surface area contributed by atoms with Crippen LogP contribution in [0, 0.1) is 16.0 Å². The zero-order valence-corrected chi connectivity index (χ0v) is 10.8. The number of ether oxygens (including phenoxy) is 1. The Morgan fingerprint density at radius 3 is 2.89 bits per heavy atom. The van der Waals surface area contributed by atoms with Gasteiger partial charge in [0.2, 0.25) is 0 Å². The van der Waals surface area contributed by atoms with Crippen LogP contribution in [0.4, 0.5) is 11.4 Å². The number of nitro groups is 1. The van der Waals surface area contributed by atoms with Crippen molar-refractivity contribution in [3.05, 3.63) is 28.3 Å². The topological polar surface area (TPSA) is 84.6 Å². The summed E-state index contributed by atoms with van der Waals surface area (Å²) in [6, 6.07) is 4.64. The van der Waals surface area contributed by atoms with Crippen molar-refractivity contribution < 1.29 is 14.8 Å². The van der Waals surface area contributed by atoms with Gasteiger partial charge in [0.25, 0.3) is 5.69 Å². The molecular weight excluding hydrogens is 248 g/mol. The van der Waals surface area contributed by atoms with Crippen LogP contribution < -0.4 is 10.1 Å². The summed E-state index contributed by atoms with van der Waals surface area (Å²) in [5.74, 6) is 0.945. The van der Waals surface area contributed by atoms with Crippen molar-refractivity contribution >= 4 is 11.4 Å². The quantitative estimate of drug-likeness (QED) is 0.630. The molecule has 0 aromatic heterocycles. The molecule has 6 nitrogen and oxygen atoms in total. The normalized spacial score (nSPS) is 22.2. The third-order valence-electron chi connectivity index (χ3n) is 3.50. The van der Waals surface area contributed by atoms with Gasteiger partial charge in [0.1, 0.15) is 11.4 Å². The molecule has 2 atom stereocenters.